The van der Waals surface area contributed by atoms with Crippen LogP contribution in [0, 0.1) is 0 Å². The molecule has 0 aliphatic heterocycles. The molecule has 0 aliphatic rings. The molecule has 0 amide bonds. The van der Waals surface area contributed by atoms with Gasteiger partial charge in [0.2, 0.25) is 0 Å². The number of hydrogen-bond donors (Lipinski definition) is 0. The molecule has 4 heteroatoms. The zero-order valence-electron chi connectivity index (χ0n) is 36.8. The van der Waals surface area contributed by atoms with Gasteiger partial charge < -0.3 is 9.80 Å². The average Bonchev–Trinajstić information content (AvgIpc) is 3.97. The molecule has 12 aromatic carbocycles. The highest BCUT2D eigenvalue weighted by atomic mass is 32.1. The summed E-state index contributed by atoms with van der Waals surface area (Å²) in [7, 11) is 0. The second-order valence-electron chi connectivity index (χ2n) is 17.7. The lowest BCUT2D eigenvalue weighted by molar-refractivity contribution is 1.30. The van der Waals surface area contributed by atoms with Crippen LogP contribution in [-0.4, -0.2) is 0 Å². The minimum atomic E-state index is 1.11. The zero-order chi connectivity index (χ0) is 44.7. The van der Waals surface area contributed by atoms with Crippen LogP contribution in [-0.2, 0) is 0 Å². The summed E-state index contributed by atoms with van der Waals surface area (Å²) in [6.45, 7) is 0. The third-order valence-electron chi connectivity index (χ3n) is 13.8. The van der Waals surface area contributed by atoms with Crippen LogP contribution in [0.1, 0.15) is 0 Å². The highest BCUT2D eigenvalue weighted by molar-refractivity contribution is 7.26. The first-order valence-electron chi connectivity index (χ1n) is 23.1. The van der Waals surface area contributed by atoms with Crippen molar-refractivity contribution in [2.75, 3.05) is 9.80 Å². The lowest BCUT2D eigenvalue weighted by Crippen LogP contribution is -2.12. The minimum absolute atomic E-state index is 1.11. The topological polar surface area (TPSA) is 6.48 Å². The van der Waals surface area contributed by atoms with E-state index in [4.69, 9.17) is 0 Å². The van der Waals surface area contributed by atoms with E-state index >= 15 is 0 Å². The molecular formula is C64H40N2S2. The highest BCUT2D eigenvalue weighted by Gasteiger charge is 2.24. The average molecular weight is 901 g/mol. The molecule has 0 unspecified atom stereocenters. The summed E-state index contributed by atoms with van der Waals surface area (Å²) in [4.78, 5) is 4.96. The smallest absolute Gasteiger partial charge is 0.0546 e. The maximum atomic E-state index is 2.48. The lowest BCUT2D eigenvalue weighted by atomic mass is 9.91. The molecule has 0 aliphatic carbocycles. The van der Waals surface area contributed by atoms with Gasteiger partial charge in [0.1, 0.15) is 0 Å². The van der Waals surface area contributed by atoms with E-state index < -0.39 is 0 Å². The summed E-state index contributed by atoms with van der Waals surface area (Å²) >= 11 is 3.72. The molecule has 0 N–H and O–H groups in total. The molecular weight excluding hydrogens is 861 g/mol. The van der Waals surface area contributed by atoms with E-state index in [1.54, 1.807) is 0 Å². The minimum Gasteiger partial charge on any atom is -0.310 e. The van der Waals surface area contributed by atoms with Crippen LogP contribution in [0.2, 0.25) is 0 Å². The SMILES string of the molecule is c1ccc(-c2ccc(N(c3ccc4sc5ccccc5c4c3)c3cc4cccc5c(N(c6ccc(-c7ccccc7)cc6)c6ccc7sc8ccccc8c7c6)cc6cccc3c6c45)cc2)cc1. The Morgan fingerprint density at radius 2 is 0.588 bits per heavy atom. The zero-order valence-corrected chi connectivity index (χ0v) is 38.4. The van der Waals surface area contributed by atoms with E-state index in [0.29, 0.717) is 0 Å². The molecule has 14 rings (SSSR count). The Balaban J connectivity index is 0.995. The van der Waals surface area contributed by atoms with Crippen molar-refractivity contribution in [2.45, 2.75) is 0 Å². The monoisotopic (exact) mass is 900 g/mol. The molecule has 0 radical (unpaired) electrons. The lowest BCUT2D eigenvalue weighted by Gasteiger charge is -2.30. The fraction of sp³-hybridized carbons (Fsp3) is 0. The first-order chi connectivity index (χ1) is 33.7. The summed E-state index contributed by atoms with van der Waals surface area (Å²) in [6, 6.07) is 89.7. The second kappa shape index (κ2) is 15.7. The Hall–Kier alpha value is -8.28. The van der Waals surface area contributed by atoms with Gasteiger partial charge in [-0.05, 0) is 129 Å². The van der Waals surface area contributed by atoms with E-state index in [9.17, 15) is 0 Å². The van der Waals surface area contributed by atoms with Gasteiger partial charge in [-0.1, -0.05) is 158 Å². The van der Waals surface area contributed by atoms with Crippen molar-refractivity contribution in [1.29, 1.82) is 0 Å². The van der Waals surface area contributed by atoms with E-state index in [1.165, 1.54) is 94.9 Å². The Labute approximate surface area is 401 Å². The van der Waals surface area contributed by atoms with Gasteiger partial charge in [-0.25, -0.2) is 0 Å². The number of nitrogens with zero attached hydrogens (tertiary/aromatic N) is 2. The van der Waals surface area contributed by atoms with Gasteiger partial charge in [0.25, 0.3) is 0 Å². The first-order valence-corrected chi connectivity index (χ1v) is 24.8. The molecule has 0 saturated carbocycles. The standard InChI is InChI=1S/C64H40N2S2/c1-3-13-41(14-4-1)43-25-29-47(30-26-43)65(49-33-35-61-55(39-49)51-19-7-9-23-59(51)67-61)57-37-45-17-12-22-54-58(38-46-18-11-21-53(57)63(46)64(45)54)66(48-31-27-44(28-32-48)42-15-5-2-6-16-42)50-34-36-62-56(40-50)52-20-8-10-24-60(52)68-62/h1-40H. The number of anilines is 6. The molecule has 0 saturated heterocycles. The van der Waals surface area contributed by atoms with Crippen molar-refractivity contribution in [1.82, 2.24) is 0 Å². The molecule has 2 heterocycles. The predicted molar refractivity (Wildman–Crippen MR) is 296 cm³/mol. The molecule has 2 aromatic heterocycles. The van der Waals surface area contributed by atoms with Gasteiger partial charge in [0, 0.05) is 73.9 Å². The third kappa shape index (κ3) is 6.30. The van der Waals surface area contributed by atoms with Crippen LogP contribution in [0.15, 0.2) is 243 Å². The molecule has 68 heavy (non-hydrogen) atoms. The molecule has 0 bridgehead atoms. The van der Waals surface area contributed by atoms with Crippen LogP contribution in [0.5, 0.6) is 0 Å². The third-order valence-corrected chi connectivity index (χ3v) is 16.1. The summed E-state index contributed by atoms with van der Waals surface area (Å²) < 4.78 is 5.20. The summed E-state index contributed by atoms with van der Waals surface area (Å²) in [5.41, 5.74) is 11.6. The van der Waals surface area contributed by atoms with Crippen LogP contribution >= 0.6 is 22.7 Å². The van der Waals surface area contributed by atoms with Gasteiger partial charge in [-0.2, -0.15) is 0 Å². The maximum Gasteiger partial charge on any atom is 0.0546 e. The molecule has 0 atom stereocenters. The Morgan fingerprint density at radius 3 is 1.03 bits per heavy atom. The van der Waals surface area contributed by atoms with Crippen molar-refractivity contribution < 1.29 is 0 Å². The van der Waals surface area contributed by atoms with Crippen molar-refractivity contribution in [2.24, 2.45) is 0 Å². The number of hydrogen-bond acceptors (Lipinski definition) is 4. The predicted octanol–water partition coefficient (Wildman–Crippen LogP) is 19.6. The van der Waals surface area contributed by atoms with Gasteiger partial charge in [-0.3, -0.25) is 0 Å². The summed E-state index contributed by atoms with van der Waals surface area (Å²) in [5.74, 6) is 0. The van der Waals surface area contributed by atoms with Crippen molar-refractivity contribution in [3.05, 3.63) is 243 Å². The van der Waals surface area contributed by atoms with Gasteiger partial charge in [-0.15, -0.1) is 22.7 Å². The fourth-order valence-electron chi connectivity index (χ4n) is 10.6. The van der Waals surface area contributed by atoms with Crippen molar-refractivity contribution >= 4 is 129 Å². The quantitative estimate of drug-likeness (QED) is 0.140. The van der Waals surface area contributed by atoms with E-state index in [0.717, 1.165) is 34.1 Å². The largest absolute Gasteiger partial charge is 0.310 e. The van der Waals surface area contributed by atoms with E-state index in [2.05, 4.69) is 252 Å². The normalized spacial score (nSPS) is 11.8. The van der Waals surface area contributed by atoms with Gasteiger partial charge >= 0.3 is 0 Å². The number of fused-ring (bicyclic) bond motifs is 6. The number of benzene rings is 12. The Bertz CT molecular complexity index is 3920. The van der Waals surface area contributed by atoms with Gasteiger partial charge in [0.05, 0.1) is 11.4 Å². The number of thiophene rings is 2. The summed E-state index contributed by atoms with van der Waals surface area (Å²) in [5, 5.41) is 12.5. The van der Waals surface area contributed by atoms with E-state index in [-0.39, 0.29) is 0 Å². The Kier molecular flexibility index (Phi) is 8.98. The Morgan fingerprint density at radius 1 is 0.235 bits per heavy atom. The molecule has 0 fully saturated rings. The molecule has 2 nitrogen and oxygen atoms in total. The number of rotatable bonds is 8. The highest BCUT2D eigenvalue weighted by Crippen LogP contribution is 2.51. The van der Waals surface area contributed by atoms with Gasteiger partial charge in [0.15, 0.2) is 0 Å². The van der Waals surface area contributed by atoms with Crippen molar-refractivity contribution in [3.8, 4) is 22.3 Å². The van der Waals surface area contributed by atoms with Crippen molar-refractivity contribution in [3.63, 3.8) is 0 Å². The van der Waals surface area contributed by atoms with E-state index in [1.807, 2.05) is 22.7 Å². The molecule has 0 spiro atoms. The molecule has 14 aromatic rings. The van der Waals surface area contributed by atoms with Crippen LogP contribution < -0.4 is 9.80 Å². The first kappa shape index (κ1) is 38.9. The fourth-order valence-corrected chi connectivity index (χ4v) is 12.8. The van der Waals surface area contributed by atoms with Crippen LogP contribution in [0.4, 0.5) is 34.1 Å². The maximum absolute atomic E-state index is 2.48. The van der Waals surface area contributed by atoms with Crippen LogP contribution in [0.25, 0.3) is 94.9 Å². The molecule has 318 valence electrons. The summed E-state index contributed by atoms with van der Waals surface area (Å²) in [6.07, 6.45) is 0. The second-order valence-corrected chi connectivity index (χ2v) is 19.8. The van der Waals surface area contributed by atoms with Crippen LogP contribution in [0.3, 0.4) is 0 Å².